The van der Waals surface area contributed by atoms with Gasteiger partial charge >= 0.3 is 0 Å². The van der Waals surface area contributed by atoms with E-state index in [2.05, 4.69) is 5.32 Å². The molecule has 3 rings (SSSR count). The van der Waals surface area contributed by atoms with E-state index in [0.29, 0.717) is 5.69 Å². The molecule has 0 radical (unpaired) electrons. The van der Waals surface area contributed by atoms with Gasteiger partial charge in [-0.05, 0) is 31.2 Å². The van der Waals surface area contributed by atoms with E-state index in [1.807, 2.05) is 0 Å². The summed E-state index contributed by atoms with van der Waals surface area (Å²) < 4.78 is 28.0. The monoisotopic (exact) mass is 439 g/mol. The second-order valence-electron chi connectivity index (χ2n) is 6.61. The first kappa shape index (κ1) is 22.0. The van der Waals surface area contributed by atoms with Gasteiger partial charge in [-0.2, -0.15) is 0 Å². The zero-order valence-corrected chi connectivity index (χ0v) is 17.6. The van der Waals surface area contributed by atoms with Gasteiger partial charge in [-0.1, -0.05) is 48.5 Å². The molecule has 1 amide bonds. The number of nitrogens with one attached hydrogen (secondary N) is 1. The Morgan fingerprint density at radius 1 is 0.968 bits per heavy atom. The molecule has 0 atom stereocenters. The normalized spacial score (nSPS) is 11.0. The van der Waals surface area contributed by atoms with Crippen molar-refractivity contribution in [1.82, 2.24) is 0 Å². The second kappa shape index (κ2) is 9.40. The number of hydrogen-bond acceptors (Lipinski definition) is 5. The average molecular weight is 439 g/mol. The lowest BCUT2D eigenvalue weighted by molar-refractivity contribution is -0.385. The number of hydrogen-bond donors (Lipinski definition) is 1. The van der Waals surface area contributed by atoms with Crippen molar-refractivity contribution in [3.8, 4) is 0 Å². The molecule has 0 aliphatic carbocycles. The summed E-state index contributed by atoms with van der Waals surface area (Å²) >= 11 is 0. The Labute approximate surface area is 180 Å². The molecule has 0 spiro atoms. The lowest BCUT2D eigenvalue weighted by Gasteiger charge is -2.24. The molecule has 0 aliphatic heterocycles. The van der Waals surface area contributed by atoms with Gasteiger partial charge in [-0.15, -0.1) is 0 Å². The van der Waals surface area contributed by atoms with Gasteiger partial charge in [-0.25, -0.2) is 8.42 Å². The van der Waals surface area contributed by atoms with Crippen LogP contribution in [0.25, 0.3) is 0 Å². The highest BCUT2D eigenvalue weighted by molar-refractivity contribution is 7.93. The third-order valence-electron chi connectivity index (χ3n) is 4.60. The Kier molecular flexibility index (Phi) is 6.66. The van der Waals surface area contributed by atoms with E-state index in [-0.39, 0.29) is 34.8 Å². The number of rotatable bonds is 8. The standard InChI is InChI=1S/C22H21N3O5S/c1-2-24(18-11-4-3-5-12-18)31(29,30)21-15-9-7-13-19(21)23-22(26)16-17-10-6-8-14-20(17)25(27)28/h3-15H,2,16H2,1H3,(H,23,26). The molecule has 0 aromatic heterocycles. The number of para-hydroxylation sites is 3. The third kappa shape index (κ3) is 4.89. The number of nitrogens with zero attached hydrogens (tertiary/aromatic N) is 2. The van der Waals surface area contributed by atoms with Gasteiger partial charge in [0.25, 0.3) is 15.7 Å². The summed E-state index contributed by atoms with van der Waals surface area (Å²) in [4.78, 5) is 23.2. The summed E-state index contributed by atoms with van der Waals surface area (Å²) in [7, 11) is -3.96. The summed E-state index contributed by atoms with van der Waals surface area (Å²) in [5, 5.41) is 13.8. The zero-order valence-electron chi connectivity index (χ0n) is 16.8. The van der Waals surface area contributed by atoms with Crippen LogP contribution in [0.15, 0.2) is 83.8 Å². The molecule has 0 saturated carbocycles. The van der Waals surface area contributed by atoms with E-state index in [9.17, 15) is 23.3 Å². The van der Waals surface area contributed by atoms with Crippen LogP contribution in [-0.2, 0) is 21.2 Å². The van der Waals surface area contributed by atoms with Gasteiger partial charge in [0.1, 0.15) is 4.90 Å². The maximum absolute atomic E-state index is 13.4. The number of sulfonamides is 1. The van der Waals surface area contributed by atoms with Crippen LogP contribution in [0.2, 0.25) is 0 Å². The molecular weight excluding hydrogens is 418 g/mol. The Morgan fingerprint density at radius 3 is 2.26 bits per heavy atom. The number of carbonyl (C=O) groups excluding carboxylic acids is 1. The lowest BCUT2D eigenvalue weighted by Crippen LogP contribution is -2.31. The fraction of sp³-hybridized carbons (Fsp3) is 0.136. The van der Waals surface area contributed by atoms with Crippen LogP contribution >= 0.6 is 0 Å². The van der Waals surface area contributed by atoms with E-state index in [4.69, 9.17) is 0 Å². The van der Waals surface area contributed by atoms with E-state index < -0.39 is 20.9 Å². The maximum atomic E-state index is 13.4. The molecule has 1 N–H and O–H groups in total. The smallest absolute Gasteiger partial charge is 0.273 e. The largest absolute Gasteiger partial charge is 0.325 e. The van der Waals surface area contributed by atoms with Crippen molar-refractivity contribution in [2.75, 3.05) is 16.2 Å². The molecule has 3 aromatic rings. The van der Waals surface area contributed by atoms with Crippen molar-refractivity contribution in [2.24, 2.45) is 0 Å². The molecule has 3 aromatic carbocycles. The van der Waals surface area contributed by atoms with Gasteiger partial charge in [0.15, 0.2) is 0 Å². The van der Waals surface area contributed by atoms with Gasteiger partial charge < -0.3 is 5.32 Å². The predicted octanol–water partition coefficient (Wildman–Crippen LogP) is 3.99. The highest BCUT2D eigenvalue weighted by Crippen LogP contribution is 2.28. The lowest BCUT2D eigenvalue weighted by atomic mass is 10.1. The fourth-order valence-corrected chi connectivity index (χ4v) is 4.83. The summed E-state index contributed by atoms with van der Waals surface area (Å²) in [6, 6.07) is 20.7. The SMILES string of the molecule is CCN(c1ccccc1)S(=O)(=O)c1ccccc1NC(=O)Cc1ccccc1[N+](=O)[O-]. The van der Waals surface area contributed by atoms with Crippen LogP contribution in [0.4, 0.5) is 17.1 Å². The van der Waals surface area contributed by atoms with E-state index in [0.717, 1.165) is 0 Å². The Hall–Kier alpha value is -3.72. The number of benzene rings is 3. The number of nitro benzene ring substituents is 1. The highest BCUT2D eigenvalue weighted by atomic mass is 32.2. The van der Waals surface area contributed by atoms with Crippen LogP contribution in [0.1, 0.15) is 12.5 Å². The van der Waals surface area contributed by atoms with Crippen LogP contribution < -0.4 is 9.62 Å². The molecular formula is C22H21N3O5S. The fourth-order valence-electron chi connectivity index (χ4n) is 3.20. The third-order valence-corrected chi connectivity index (χ3v) is 6.56. The van der Waals surface area contributed by atoms with Crippen molar-refractivity contribution >= 4 is 33.0 Å². The molecule has 8 nitrogen and oxygen atoms in total. The molecule has 0 aliphatic rings. The van der Waals surface area contributed by atoms with E-state index >= 15 is 0 Å². The van der Waals surface area contributed by atoms with Crippen molar-refractivity contribution in [2.45, 2.75) is 18.2 Å². The number of amides is 1. The van der Waals surface area contributed by atoms with Gasteiger partial charge in [-0.3, -0.25) is 19.2 Å². The Balaban J connectivity index is 1.90. The molecule has 0 heterocycles. The zero-order chi connectivity index (χ0) is 22.4. The molecule has 9 heteroatoms. The first-order valence-electron chi connectivity index (χ1n) is 9.53. The summed E-state index contributed by atoms with van der Waals surface area (Å²) in [6.45, 7) is 1.92. The summed E-state index contributed by atoms with van der Waals surface area (Å²) in [5.41, 5.74) is 0.691. The van der Waals surface area contributed by atoms with Crippen LogP contribution in [0, 0.1) is 10.1 Å². The molecule has 0 unspecified atom stereocenters. The number of carbonyl (C=O) groups is 1. The van der Waals surface area contributed by atoms with Gasteiger partial charge in [0.2, 0.25) is 5.91 Å². The molecule has 0 saturated heterocycles. The van der Waals surface area contributed by atoms with Crippen LogP contribution in [0.3, 0.4) is 0 Å². The molecule has 0 bridgehead atoms. The Morgan fingerprint density at radius 2 is 1.58 bits per heavy atom. The summed E-state index contributed by atoms with van der Waals surface area (Å²) in [5.74, 6) is -0.556. The van der Waals surface area contributed by atoms with Gasteiger partial charge in [0, 0.05) is 18.2 Å². The van der Waals surface area contributed by atoms with Crippen molar-refractivity contribution < 1.29 is 18.1 Å². The molecule has 31 heavy (non-hydrogen) atoms. The van der Waals surface area contributed by atoms with Crippen molar-refractivity contribution in [1.29, 1.82) is 0 Å². The second-order valence-corrected chi connectivity index (χ2v) is 8.44. The topological polar surface area (TPSA) is 110 Å². The minimum absolute atomic E-state index is 0.0587. The quantitative estimate of drug-likeness (QED) is 0.422. The van der Waals surface area contributed by atoms with E-state index in [1.165, 1.54) is 34.6 Å². The van der Waals surface area contributed by atoms with Crippen LogP contribution in [0.5, 0.6) is 0 Å². The highest BCUT2D eigenvalue weighted by Gasteiger charge is 2.27. The first-order valence-corrected chi connectivity index (χ1v) is 11.0. The molecule has 0 fully saturated rings. The first-order chi connectivity index (χ1) is 14.8. The Bertz CT molecular complexity index is 1200. The number of anilines is 2. The average Bonchev–Trinajstić information content (AvgIpc) is 2.75. The predicted molar refractivity (Wildman–Crippen MR) is 119 cm³/mol. The minimum Gasteiger partial charge on any atom is -0.325 e. The summed E-state index contributed by atoms with van der Waals surface area (Å²) in [6.07, 6.45) is -0.262. The van der Waals surface area contributed by atoms with Crippen molar-refractivity contribution in [3.63, 3.8) is 0 Å². The van der Waals surface area contributed by atoms with E-state index in [1.54, 1.807) is 55.5 Å². The van der Waals surface area contributed by atoms with Gasteiger partial charge in [0.05, 0.1) is 22.7 Å². The minimum atomic E-state index is -3.96. The van der Waals surface area contributed by atoms with Crippen LogP contribution in [-0.4, -0.2) is 25.8 Å². The maximum Gasteiger partial charge on any atom is 0.273 e. The van der Waals surface area contributed by atoms with Crippen molar-refractivity contribution in [3.05, 3.63) is 94.5 Å². The number of nitro groups is 1. The molecule has 160 valence electrons.